The van der Waals surface area contributed by atoms with Gasteiger partial charge in [0.05, 0.1) is 18.8 Å². The number of rotatable bonds is 6. The number of carbonyl (C=O) groups is 1. The van der Waals surface area contributed by atoms with Gasteiger partial charge in [-0.15, -0.1) is 0 Å². The van der Waals surface area contributed by atoms with Crippen LogP contribution in [0, 0.1) is 5.82 Å². The van der Waals surface area contributed by atoms with Gasteiger partial charge in [0.15, 0.2) is 0 Å². The molecule has 0 bridgehead atoms. The highest BCUT2D eigenvalue weighted by molar-refractivity contribution is 5.84. The number of halogens is 1. The lowest BCUT2D eigenvalue weighted by Gasteiger charge is -2.25. The van der Waals surface area contributed by atoms with E-state index in [0.717, 1.165) is 0 Å². The highest BCUT2D eigenvalue weighted by Crippen LogP contribution is 2.27. The number of nitrogens with zero attached hydrogens (tertiary/aromatic N) is 1. The fourth-order valence-electron chi connectivity index (χ4n) is 2.55. The van der Waals surface area contributed by atoms with E-state index in [1.165, 1.54) is 6.07 Å². The van der Waals surface area contributed by atoms with Crippen molar-refractivity contribution in [2.45, 2.75) is 45.5 Å². The Bertz CT molecular complexity index is 493. The van der Waals surface area contributed by atoms with Crippen molar-refractivity contribution in [3.05, 3.63) is 35.6 Å². The standard InChI is InChI=1S/C16H23FN2O2/c1-4-14-16(20)19(9-10-21-11(2)3)15(18-14)12-7-5-6-8-13(12)17/h5-8,11,14-15,18H,4,9-10H2,1-3H3. The minimum Gasteiger partial charge on any atom is -0.377 e. The average molecular weight is 294 g/mol. The molecule has 2 unspecified atom stereocenters. The molecule has 0 aromatic heterocycles. The molecule has 2 rings (SSSR count). The van der Waals surface area contributed by atoms with Gasteiger partial charge in [-0.25, -0.2) is 4.39 Å². The van der Waals surface area contributed by atoms with E-state index in [-0.39, 0.29) is 23.9 Å². The molecule has 1 N–H and O–H groups in total. The fourth-order valence-corrected chi connectivity index (χ4v) is 2.55. The zero-order chi connectivity index (χ0) is 15.4. The normalized spacial score (nSPS) is 22.3. The number of ether oxygens (including phenoxy) is 1. The maximum atomic E-state index is 14.0. The highest BCUT2D eigenvalue weighted by atomic mass is 19.1. The second-order valence-electron chi connectivity index (χ2n) is 5.50. The Morgan fingerprint density at radius 2 is 2.10 bits per heavy atom. The molecule has 1 amide bonds. The molecule has 1 fully saturated rings. The zero-order valence-electron chi connectivity index (χ0n) is 12.8. The maximum absolute atomic E-state index is 14.0. The SMILES string of the molecule is CCC1NC(c2ccccc2F)N(CCOC(C)C)C1=O. The Morgan fingerprint density at radius 1 is 1.38 bits per heavy atom. The van der Waals surface area contributed by atoms with Gasteiger partial charge in [-0.3, -0.25) is 10.1 Å². The Balaban J connectivity index is 2.16. The van der Waals surface area contributed by atoms with Crippen LogP contribution in [0.15, 0.2) is 24.3 Å². The van der Waals surface area contributed by atoms with E-state index in [1.54, 1.807) is 23.1 Å². The number of benzene rings is 1. The van der Waals surface area contributed by atoms with Crippen LogP contribution in [0.5, 0.6) is 0 Å². The summed E-state index contributed by atoms with van der Waals surface area (Å²) in [5.41, 5.74) is 0.506. The van der Waals surface area contributed by atoms with E-state index in [2.05, 4.69) is 5.32 Å². The van der Waals surface area contributed by atoms with Gasteiger partial charge in [-0.2, -0.15) is 0 Å². The summed E-state index contributed by atoms with van der Waals surface area (Å²) in [6, 6.07) is 6.32. The first-order chi connectivity index (χ1) is 10.0. The second-order valence-corrected chi connectivity index (χ2v) is 5.50. The molecule has 1 aliphatic heterocycles. The van der Waals surface area contributed by atoms with E-state index < -0.39 is 6.17 Å². The van der Waals surface area contributed by atoms with Crippen molar-refractivity contribution in [1.82, 2.24) is 10.2 Å². The summed E-state index contributed by atoms with van der Waals surface area (Å²) in [4.78, 5) is 14.1. The van der Waals surface area contributed by atoms with Crippen LogP contribution in [0.25, 0.3) is 0 Å². The largest absolute Gasteiger partial charge is 0.377 e. The molecule has 116 valence electrons. The van der Waals surface area contributed by atoms with Crippen molar-refractivity contribution >= 4 is 5.91 Å². The van der Waals surface area contributed by atoms with Crippen LogP contribution in [0.3, 0.4) is 0 Å². The van der Waals surface area contributed by atoms with Crippen LogP contribution in [0.4, 0.5) is 4.39 Å². The molecule has 4 nitrogen and oxygen atoms in total. The van der Waals surface area contributed by atoms with Crippen molar-refractivity contribution in [1.29, 1.82) is 0 Å². The van der Waals surface area contributed by atoms with Crippen LogP contribution in [0.1, 0.15) is 38.9 Å². The first-order valence-electron chi connectivity index (χ1n) is 7.47. The molecule has 21 heavy (non-hydrogen) atoms. The summed E-state index contributed by atoms with van der Waals surface area (Å²) in [5.74, 6) is -0.285. The number of nitrogens with one attached hydrogen (secondary N) is 1. The molecular formula is C16H23FN2O2. The van der Waals surface area contributed by atoms with Crippen LogP contribution in [0.2, 0.25) is 0 Å². The summed E-state index contributed by atoms with van der Waals surface area (Å²) in [6.45, 7) is 6.76. The summed E-state index contributed by atoms with van der Waals surface area (Å²) in [5, 5.41) is 3.22. The smallest absolute Gasteiger partial charge is 0.241 e. The zero-order valence-corrected chi connectivity index (χ0v) is 12.8. The Morgan fingerprint density at radius 3 is 2.71 bits per heavy atom. The summed E-state index contributed by atoms with van der Waals surface area (Å²) in [6.07, 6.45) is 0.384. The van der Waals surface area contributed by atoms with Crippen molar-refractivity contribution in [2.24, 2.45) is 0 Å². The molecule has 5 heteroatoms. The van der Waals surface area contributed by atoms with Gasteiger partial charge in [0.2, 0.25) is 5.91 Å². The van der Waals surface area contributed by atoms with Gasteiger partial charge in [0, 0.05) is 12.1 Å². The first-order valence-corrected chi connectivity index (χ1v) is 7.47. The van der Waals surface area contributed by atoms with Crippen LogP contribution < -0.4 is 5.32 Å². The third-order valence-corrected chi connectivity index (χ3v) is 3.64. The second kappa shape index (κ2) is 7.00. The predicted molar refractivity (Wildman–Crippen MR) is 79.2 cm³/mol. The van der Waals surface area contributed by atoms with E-state index in [1.807, 2.05) is 20.8 Å². The predicted octanol–water partition coefficient (Wildman–Crippen LogP) is 2.46. The number of amides is 1. The number of hydrogen-bond acceptors (Lipinski definition) is 3. The quantitative estimate of drug-likeness (QED) is 0.876. The molecule has 0 aliphatic carbocycles. The molecule has 1 aromatic rings. The average Bonchev–Trinajstić information content (AvgIpc) is 2.76. The maximum Gasteiger partial charge on any atom is 0.241 e. The van der Waals surface area contributed by atoms with Gasteiger partial charge in [-0.1, -0.05) is 25.1 Å². The summed E-state index contributed by atoms with van der Waals surface area (Å²) >= 11 is 0. The van der Waals surface area contributed by atoms with Crippen LogP contribution >= 0.6 is 0 Å². The van der Waals surface area contributed by atoms with Crippen LogP contribution in [-0.2, 0) is 9.53 Å². The highest BCUT2D eigenvalue weighted by Gasteiger charge is 2.39. The van der Waals surface area contributed by atoms with E-state index in [9.17, 15) is 9.18 Å². The number of hydrogen-bond donors (Lipinski definition) is 1. The minimum absolute atomic E-state index is 0.0121. The Hall–Kier alpha value is -1.46. The topological polar surface area (TPSA) is 41.6 Å². The van der Waals surface area contributed by atoms with E-state index >= 15 is 0 Å². The molecule has 2 atom stereocenters. The van der Waals surface area contributed by atoms with Gasteiger partial charge in [-0.05, 0) is 26.3 Å². The molecular weight excluding hydrogens is 271 g/mol. The van der Waals surface area contributed by atoms with Crippen molar-refractivity contribution < 1.29 is 13.9 Å². The molecule has 1 heterocycles. The van der Waals surface area contributed by atoms with Crippen molar-refractivity contribution in [2.75, 3.05) is 13.2 Å². The number of carbonyl (C=O) groups excluding carboxylic acids is 1. The summed E-state index contributed by atoms with van der Waals surface area (Å²) < 4.78 is 19.5. The molecule has 0 saturated carbocycles. The van der Waals surface area contributed by atoms with Gasteiger partial charge in [0.25, 0.3) is 0 Å². The lowest BCUT2D eigenvalue weighted by atomic mass is 10.1. The van der Waals surface area contributed by atoms with Crippen LogP contribution in [-0.4, -0.2) is 36.1 Å². The van der Waals surface area contributed by atoms with Crippen molar-refractivity contribution in [3.8, 4) is 0 Å². The molecule has 0 radical (unpaired) electrons. The molecule has 0 spiro atoms. The minimum atomic E-state index is -0.417. The molecule has 1 aliphatic rings. The molecule has 1 saturated heterocycles. The van der Waals surface area contributed by atoms with E-state index in [4.69, 9.17) is 4.74 Å². The fraction of sp³-hybridized carbons (Fsp3) is 0.562. The summed E-state index contributed by atoms with van der Waals surface area (Å²) in [7, 11) is 0. The van der Waals surface area contributed by atoms with Gasteiger partial charge in [0.1, 0.15) is 12.0 Å². The third kappa shape index (κ3) is 3.60. The van der Waals surface area contributed by atoms with Gasteiger partial charge < -0.3 is 9.64 Å². The van der Waals surface area contributed by atoms with Crippen molar-refractivity contribution in [3.63, 3.8) is 0 Å². The molecule has 1 aromatic carbocycles. The van der Waals surface area contributed by atoms with E-state index in [0.29, 0.717) is 25.1 Å². The lowest BCUT2D eigenvalue weighted by Crippen LogP contribution is -2.34. The monoisotopic (exact) mass is 294 g/mol. The Labute approximate surface area is 125 Å². The van der Waals surface area contributed by atoms with Gasteiger partial charge >= 0.3 is 0 Å². The Kier molecular flexibility index (Phi) is 5.31. The first kappa shape index (κ1) is 15.9. The lowest BCUT2D eigenvalue weighted by molar-refractivity contribution is -0.131. The third-order valence-electron chi connectivity index (χ3n) is 3.64.